The Morgan fingerprint density at radius 3 is 2.64 bits per heavy atom. The Kier molecular flexibility index (Phi) is 2.29. The van der Waals surface area contributed by atoms with Gasteiger partial charge < -0.3 is 5.73 Å². The van der Waals surface area contributed by atoms with Crippen molar-refractivity contribution in [2.75, 3.05) is 0 Å². The molecule has 2 N–H and O–H groups in total. The van der Waals surface area contributed by atoms with Gasteiger partial charge in [-0.15, -0.1) is 0 Å². The van der Waals surface area contributed by atoms with Crippen LogP contribution in [0.2, 0.25) is 0 Å². The quantitative estimate of drug-likeness (QED) is 0.694. The lowest BCUT2D eigenvalue weighted by atomic mass is 10.1. The molecule has 3 heteroatoms. The van der Waals surface area contributed by atoms with Crippen molar-refractivity contribution >= 4 is 0 Å². The number of hydrogen-bond acceptors (Lipinski definition) is 2. The average molecular weight is 153 g/mol. The van der Waals surface area contributed by atoms with E-state index >= 15 is 0 Å². The molecule has 0 saturated carbocycles. The minimum Gasteiger partial charge on any atom is -0.324 e. The Hall–Kier alpha value is -0.830. The molecule has 11 heavy (non-hydrogen) atoms. The highest BCUT2D eigenvalue weighted by Crippen LogP contribution is 2.12. The molecule has 62 valence electrons. The molecule has 1 aromatic rings. The Bertz CT molecular complexity index is 237. The van der Waals surface area contributed by atoms with Crippen molar-refractivity contribution in [2.24, 2.45) is 5.73 Å². The van der Waals surface area contributed by atoms with Gasteiger partial charge in [0.15, 0.2) is 0 Å². The van der Waals surface area contributed by atoms with Gasteiger partial charge in [0.25, 0.3) is 0 Å². The first-order valence-corrected chi connectivity index (χ1v) is 3.94. The Morgan fingerprint density at radius 2 is 2.36 bits per heavy atom. The fourth-order valence-electron chi connectivity index (χ4n) is 1.14. The van der Waals surface area contributed by atoms with Crippen LogP contribution in [0, 0.1) is 6.92 Å². The molecule has 0 bridgehead atoms. The molecule has 0 aliphatic carbocycles. The van der Waals surface area contributed by atoms with Crippen LogP contribution in [-0.2, 0) is 6.54 Å². The molecular weight excluding hydrogens is 138 g/mol. The Balaban J connectivity index is 2.97. The van der Waals surface area contributed by atoms with E-state index in [2.05, 4.69) is 12.0 Å². The molecular formula is C8H15N3. The number of aromatic nitrogens is 2. The van der Waals surface area contributed by atoms with Gasteiger partial charge >= 0.3 is 0 Å². The maximum atomic E-state index is 5.73. The minimum atomic E-state index is 0.0929. The lowest BCUT2D eigenvalue weighted by Crippen LogP contribution is -2.04. The van der Waals surface area contributed by atoms with Crippen LogP contribution in [0.25, 0.3) is 0 Å². The highest BCUT2D eigenvalue weighted by Gasteiger charge is 2.06. The molecule has 0 aliphatic heterocycles. The normalized spacial score (nSPS) is 13.5. The van der Waals surface area contributed by atoms with Crippen LogP contribution in [0.3, 0.4) is 0 Å². The maximum Gasteiger partial charge on any atom is 0.0641 e. The molecule has 1 heterocycles. The van der Waals surface area contributed by atoms with Crippen molar-refractivity contribution in [3.8, 4) is 0 Å². The average Bonchev–Trinajstić information content (AvgIpc) is 2.30. The third kappa shape index (κ3) is 1.60. The molecule has 0 amide bonds. The zero-order valence-corrected chi connectivity index (χ0v) is 7.33. The van der Waals surface area contributed by atoms with E-state index < -0.39 is 0 Å². The Morgan fingerprint density at radius 1 is 1.73 bits per heavy atom. The van der Waals surface area contributed by atoms with E-state index in [1.807, 2.05) is 24.7 Å². The summed E-state index contributed by atoms with van der Waals surface area (Å²) in [6.45, 7) is 6.94. The summed E-state index contributed by atoms with van der Waals surface area (Å²) in [4.78, 5) is 0. The molecule has 1 atom stereocenters. The van der Waals surface area contributed by atoms with Crippen molar-refractivity contribution in [2.45, 2.75) is 33.4 Å². The van der Waals surface area contributed by atoms with Crippen LogP contribution in [0.15, 0.2) is 6.20 Å². The summed E-state index contributed by atoms with van der Waals surface area (Å²) in [7, 11) is 0. The van der Waals surface area contributed by atoms with Gasteiger partial charge in [-0.2, -0.15) is 5.10 Å². The van der Waals surface area contributed by atoms with Gasteiger partial charge in [-0.05, 0) is 20.8 Å². The molecule has 0 spiro atoms. The van der Waals surface area contributed by atoms with Crippen LogP contribution >= 0.6 is 0 Å². The van der Waals surface area contributed by atoms with Gasteiger partial charge in [-0.1, -0.05) is 0 Å². The van der Waals surface area contributed by atoms with E-state index in [0.717, 1.165) is 17.8 Å². The summed E-state index contributed by atoms with van der Waals surface area (Å²) in [6.07, 6.45) is 2.01. The summed E-state index contributed by atoms with van der Waals surface area (Å²) >= 11 is 0. The van der Waals surface area contributed by atoms with Crippen LogP contribution in [-0.4, -0.2) is 9.78 Å². The Labute approximate surface area is 67.2 Å². The third-order valence-electron chi connectivity index (χ3n) is 1.80. The predicted octanol–water partition coefficient (Wildman–Crippen LogP) is 1.23. The van der Waals surface area contributed by atoms with E-state index in [1.165, 1.54) is 0 Å². The van der Waals surface area contributed by atoms with Crippen LogP contribution in [0.5, 0.6) is 0 Å². The second-order valence-electron chi connectivity index (χ2n) is 2.81. The number of aryl methyl sites for hydroxylation is 2. The SMILES string of the molecule is CCn1cc([C@@H](C)N)c(C)n1. The first-order chi connectivity index (χ1) is 5.15. The molecule has 0 unspecified atom stereocenters. The minimum absolute atomic E-state index is 0.0929. The molecule has 0 aromatic carbocycles. The molecule has 1 aromatic heterocycles. The summed E-state index contributed by atoms with van der Waals surface area (Å²) in [5.41, 5.74) is 7.92. The van der Waals surface area contributed by atoms with E-state index in [4.69, 9.17) is 5.73 Å². The lowest BCUT2D eigenvalue weighted by Gasteiger charge is -2.00. The summed E-state index contributed by atoms with van der Waals surface area (Å²) in [5.74, 6) is 0. The number of hydrogen-bond donors (Lipinski definition) is 1. The molecule has 1 rings (SSSR count). The first kappa shape index (κ1) is 8.27. The lowest BCUT2D eigenvalue weighted by molar-refractivity contribution is 0.652. The van der Waals surface area contributed by atoms with Crippen molar-refractivity contribution < 1.29 is 0 Å². The summed E-state index contributed by atoms with van der Waals surface area (Å²) in [5, 5.41) is 4.29. The van der Waals surface area contributed by atoms with Crippen molar-refractivity contribution in [1.29, 1.82) is 0 Å². The fourth-order valence-corrected chi connectivity index (χ4v) is 1.14. The van der Waals surface area contributed by atoms with Gasteiger partial charge in [0.05, 0.1) is 5.69 Å². The van der Waals surface area contributed by atoms with Gasteiger partial charge in [-0.25, -0.2) is 0 Å². The van der Waals surface area contributed by atoms with E-state index in [0.29, 0.717) is 0 Å². The van der Waals surface area contributed by atoms with Crippen molar-refractivity contribution in [3.05, 3.63) is 17.5 Å². The number of rotatable bonds is 2. The molecule has 0 saturated heterocycles. The molecule has 0 radical (unpaired) electrons. The first-order valence-electron chi connectivity index (χ1n) is 3.94. The maximum absolute atomic E-state index is 5.73. The topological polar surface area (TPSA) is 43.8 Å². The monoisotopic (exact) mass is 153 g/mol. The zero-order chi connectivity index (χ0) is 8.43. The van der Waals surface area contributed by atoms with Crippen molar-refractivity contribution in [1.82, 2.24) is 9.78 Å². The standard InChI is InChI=1S/C8H15N3/c1-4-11-5-8(6(2)9)7(3)10-11/h5-6H,4,9H2,1-3H3/t6-/m1/s1. The van der Waals surface area contributed by atoms with Gasteiger partial charge in [0, 0.05) is 24.3 Å². The highest BCUT2D eigenvalue weighted by molar-refractivity contribution is 5.18. The van der Waals surface area contributed by atoms with Gasteiger partial charge in [0.2, 0.25) is 0 Å². The second-order valence-corrected chi connectivity index (χ2v) is 2.81. The smallest absolute Gasteiger partial charge is 0.0641 e. The number of nitrogens with two attached hydrogens (primary N) is 1. The van der Waals surface area contributed by atoms with E-state index in [-0.39, 0.29) is 6.04 Å². The zero-order valence-electron chi connectivity index (χ0n) is 7.33. The van der Waals surface area contributed by atoms with Gasteiger partial charge in [-0.3, -0.25) is 4.68 Å². The molecule has 3 nitrogen and oxygen atoms in total. The fraction of sp³-hybridized carbons (Fsp3) is 0.625. The predicted molar refractivity (Wildman–Crippen MR) is 45.2 cm³/mol. The van der Waals surface area contributed by atoms with E-state index in [9.17, 15) is 0 Å². The summed E-state index contributed by atoms with van der Waals surface area (Å²) < 4.78 is 1.91. The van der Waals surface area contributed by atoms with Crippen LogP contribution in [0.4, 0.5) is 0 Å². The summed E-state index contributed by atoms with van der Waals surface area (Å²) in [6, 6.07) is 0.0929. The van der Waals surface area contributed by atoms with Crippen LogP contribution < -0.4 is 5.73 Å². The third-order valence-corrected chi connectivity index (χ3v) is 1.80. The van der Waals surface area contributed by atoms with Gasteiger partial charge in [0.1, 0.15) is 0 Å². The van der Waals surface area contributed by atoms with E-state index in [1.54, 1.807) is 0 Å². The molecule has 0 aliphatic rings. The highest BCUT2D eigenvalue weighted by atomic mass is 15.3. The van der Waals surface area contributed by atoms with Crippen molar-refractivity contribution in [3.63, 3.8) is 0 Å². The van der Waals surface area contributed by atoms with Crippen LogP contribution in [0.1, 0.15) is 31.1 Å². The second kappa shape index (κ2) is 3.05. The molecule has 0 fully saturated rings. The largest absolute Gasteiger partial charge is 0.324 e. The number of nitrogens with zero attached hydrogens (tertiary/aromatic N) is 2.